The zero-order chi connectivity index (χ0) is 27.8. The molecule has 1 N–H and O–H groups in total. The van der Waals surface area contributed by atoms with Crippen LogP contribution in [0.2, 0.25) is 0 Å². The highest BCUT2D eigenvalue weighted by molar-refractivity contribution is 5.95. The molecule has 206 valence electrons. The number of fused-ring (bicyclic) bond motifs is 1. The van der Waals surface area contributed by atoms with Crippen LogP contribution in [0.4, 0.5) is 0 Å². The van der Waals surface area contributed by atoms with Gasteiger partial charge in [0.15, 0.2) is 11.5 Å². The number of ether oxygens (including phenoxy) is 4. The molecule has 8 nitrogen and oxygen atoms in total. The number of methoxy groups -OCH3 is 3. The van der Waals surface area contributed by atoms with Crippen molar-refractivity contribution in [2.45, 2.75) is 39.7 Å². The van der Waals surface area contributed by atoms with E-state index in [1.54, 1.807) is 12.1 Å². The van der Waals surface area contributed by atoms with Crippen LogP contribution in [0.1, 0.15) is 40.2 Å². The molecule has 4 rings (SSSR count). The van der Waals surface area contributed by atoms with Crippen LogP contribution in [0.5, 0.6) is 23.0 Å². The van der Waals surface area contributed by atoms with Crippen LogP contribution in [-0.2, 0) is 13.0 Å². The second-order valence-electron chi connectivity index (χ2n) is 9.41. The van der Waals surface area contributed by atoms with Crippen molar-refractivity contribution >= 4 is 16.9 Å². The van der Waals surface area contributed by atoms with Gasteiger partial charge < -0.3 is 28.8 Å². The number of amides is 1. The molecule has 0 aliphatic carbocycles. The Morgan fingerprint density at radius 2 is 1.64 bits per heavy atom. The number of unbranched alkanes of at least 4 members (excludes halogenated alkanes) is 1. The van der Waals surface area contributed by atoms with E-state index in [0.717, 1.165) is 47.6 Å². The van der Waals surface area contributed by atoms with Gasteiger partial charge >= 0.3 is 0 Å². The van der Waals surface area contributed by atoms with Crippen LogP contribution in [0.3, 0.4) is 0 Å². The first-order valence-corrected chi connectivity index (χ1v) is 13.2. The number of nitrogens with zero attached hydrogens (tertiary/aromatic N) is 2. The molecule has 39 heavy (non-hydrogen) atoms. The summed E-state index contributed by atoms with van der Waals surface area (Å²) in [7, 11) is 4.59. The molecule has 0 saturated heterocycles. The highest BCUT2D eigenvalue weighted by Gasteiger charge is 2.17. The third-order valence-corrected chi connectivity index (χ3v) is 6.67. The van der Waals surface area contributed by atoms with E-state index in [4.69, 9.17) is 23.9 Å². The normalized spacial score (nSPS) is 10.9. The lowest BCUT2D eigenvalue weighted by Crippen LogP contribution is -2.26. The predicted molar refractivity (Wildman–Crippen MR) is 153 cm³/mol. The summed E-state index contributed by atoms with van der Waals surface area (Å²) in [5.74, 6) is 2.99. The standard InChI is InChI=1S/C31H37N3O5/c1-21-12-13-22(2)26(18-21)39-17-9-8-16-34-25-11-7-6-10-24(25)33-29(34)14-15-32-31(35)23-19-27(36-3)30(38-5)28(20-23)37-4/h6-7,10-13,18-20H,8-9,14-17H2,1-5H3,(H,32,35). The van der Waals surface area contributed by atoms with E-state index in [1.165, 1.54) is 26.9 Å². The molecule has 0 atom stereocenters. The summed E-state index contributed by atoms with van der Waals surface area (Å²) in [4.78, 5) is 17.8. The summed E-state index contributed by atoms with van der Waals surface area (Å²) in [6, 6.07) is 17.7. The fourth-order valence-corrected chi connectivity index (χ4v) is 4.58. The summed E-state index contributed by atoms with van der Waals surface area (Å²) >= 11 is 0. The predicted octanol–water partition coefficient (Wildman–Crippen LogP) is 5.51. The minimum absolute atomic E-state index is 0.222. The van der Waals surface area contributed by atoms with E-state index in [2.05, 4.69) is 48.0 Å². The maximum Gasteiger partial charge on any atom is 0.251 e. The van der Waals surface area contributed by atoms with Gasteiger partial charge in [0, 0.05) is 25.1 Å². The van der Waals surface area contributed by atoms with Gasteiger partial charge in [0.1, 0.15) is 11.6 Å². The summed E-state index contributed by atoms with van der Waals surface area (Å²) in [6.45, 7) is 6.07. The van der Waals surface area contributed by atoms with Gasteiger partial charge in [-0.05, 0) is 68.1 Å². The molecule has 1 heterocycles. The molecule has 0 saturated carbocycles. The largest absolute Gasteiger partial charge is 0.493 e. The van der Waals surface area contributed by atoms with Crippen molar-refractivity contribution in [3.05, 3.63) is 77.1 Å². The van der Waals surface area contributed by atoms with E-state index in [9.17, 15) is 4.79 Å². The molecule has 0 radical (unpaired) electrons. The van der Waals surface area contributed by atoms with Crippen LogP contribution < -0.4 is 24.3 Å². The molecule has 0 fully saturated rings. The average molecular weight is 532 g/mol. The van der Waals surface area contributed by atoms with Gasteiger partial charge in [0.2, 0.25) is 5.75 Å². The molecule has 0 aliphatic heterocycles. The van der Waals surface area contributed by atoms with Crippen LogP contribution in [0.15, 0.2) is 54.6 Å². The number of hydrogen-bond acceptors (Lipinski definition) is 6. The molecule has 3 aromatic carbocycles. The van der Waals surface area contributed by atoms with Crippen molar-refractivity contribution < 1.29 is 23.7 Å². The lowest BCUT2D eigenvalue weighted by Gasteiger charge is -2.14. The number of aromatic nitrogens is 2. The van der Waals surface area contributed by atoms with Gasteiger partial charge in [0.05, 0.1) is 39.0 Å². The Hall–Kier alpha value is -4.20. The smallest absolute Gasteiger partial charge is 0.251 e. The number of carbonyl (C=O) groups excluding carboxylic acids is 1. The molecule has 0 unspecified atom stereocenters. The molecule has 1 aromatic heterocycles. The zero-order valence-corrected chi connectivity index (χ0v) is 23.4. The molecule has 8 heteroatoms. The fraction of sp³-hybridized carbons (Fsp3) is 0.355. The molecule has 4 aromatic rings. The maximum atomic E-state index is 12.9. The van der Waals surface area contributed by atoms with Gasteiger partial charge in [0.25, 0.3) is 5.91 Å². The minimum Gasteiger partial charge on any atom is -0.493 e. The topological polar surface area (TPSA) is 83.8 Å². The minimum atomic E-state index is -0.222. The molecule has 0 aliphatic rings. The number of para-hydroxylation sites is 2. The first-order valence-electron chi connectivity index (χ1n) is 13.2. The lowest BCUT2D eigenvalue weighted by atomic mass is 10.1. The highest BCUT2D eigenvalue weighted by Crippen LogP contribution is 2.38. The van der Waals surface area contributed by atoms with E-state index < -0.39 is 0 Å². The Bertz CT molecular complexity index is 1400. The molecule has 0 spiro atoms. The van der Waals surface area contributed by atoms with Crippen molar-refractivity contribution in [2.24, 2.45) is 0 Å². The number of aryl methyl sites for hydroxylation is 3. The SMILES string of the molecule is COc1cc(C(=O)NCCc2nc3ccccc3n2CCCCOc2cc(C)ccc2C)cc(OC)c1OC. The monoisotopic (exact) mass is 531 g/mol. The highest BCUT2D eigenvalue weighted by atomic mass is 16.5. The fourth-order valence-electron chi connectivity index (χ4n) is 4.58. The van der Waals surface area contributed by atoms with E-state index in [0.29, 0.717) is 42.4 Å². The van der Waals surface area contributed by atoms with Crippen LogP contribution in [0.25, 0.3) is 11.0 Å². The van der Waals surface area contributed by atoms with E-state index in [-0.39, 0.29) is 5.91 Å². The number of nitrogens with one attached hydrogen (secondary N) is 1. The first kappa shape index (κ1) is 27.8. The average Bonchev–Trinajstić information content (AvgIpc) is 3.30. The van der Waals surface area contributed by atoms with Gasteiger partial charge in [-0.25, -0.2) is 4.98 Å². The molecular weight excluding hydrogens is 494 g/mol. The second-order valence-corrected chi connectivity index (χ2v) is 9.41. The number of rotatable bonds is 13. The third kappa shape index (κ3) is 6.63. The Kier molecular flexibility index (Phi) is 9.31. The van der Waals surface area contributed by atoms with Crippen molar-refractivity contribution in [2.75, 3.05) is 34.5 Å². The van der Waals surface area contributed by atoms with Crippen molar-refractivity contribution in [3.8, 4) is 23.0 Å². The van der Waals surface area contributed by atoms with Gasteiger partial charge in [-0.2, -0.15) is 0 Å². The molecule has 0 bridgehead atoms. The first-order chi connectivity index (χ1) is 18.9. The quantitative estimate of drug-likeness (QED) is 0.229. The van der Waals surface area contributed by atoms with Gasteiger partial charge in [-0.15, -0.1) is 0 Å². The Labute approximate surface area is 229 Å². The van der Waals surface area contributed by atoms with Crippen molar-refractivity contribution in [1.82, 2.24) is 14.9 Å². The lowest BCUT2D eigenvalue weighted by molar-refractivity contribution is 0.0953. The van der Waals surface area contributed by atoms with Crippen molar-refractivity contribution in [3.63, 3.8) is 0 Å². The number of hydrogen-bond donors (Lipinski definition) is 1. The van der Waals surface area contributed by atoms with Crippen LogP contribution in [-0.4, -0.2) is 49.9 Å². The molecule has 1 amide bonds. The maximum absolute atomic E-state index is 12.9. The number of imidazole rings is 1. The summed E-state index contributed by atoms with van der Waals surface area (Å²) in [5.41, 5.74) is 4.83. The van der Waals surface area contributed by atoms with Gasteiger partial charge in [-0.1, -0.05) is 24.3 Å². The van der Waals surface area contributed by atoms with Crippen LogP contribution >= 0.6 is 0 Å². The Balaban J connectivity index is 1.37. The summed E-state index contributed by atoms with van der Waals surface area (Å²) in [5, 5.41) is 3.00. The van der Waals surface area contributed by atoms with Gasteiger partial charge in [-0.3, -0.25) is 4.79 Å². The number of carbonyl (C=O) groups is 1. The number of benzene rings is 3. The zero-order valence-electron chi connectivity index (χ0n) is 23.4. The Morgan fingerprint density at radius 1 is 0.897 bits per heavy atom. The van der Waals surface area contributed by atoms with E-state index in [1.807, 2.05) is 18.2 Å². The molecular formula is C31H37N3O5. The summed E-state index contributed by atoms with van der Waals surface area (Å²) < 4.78 is 24.4. The third-order valence-electron chi connectivity index (χ3n) is 6.67. The summed E-state index contributed by atoms with van der Waals surface area (Å²) in [6.07, 6.45) is 2.48. The second kappa shape index (κ2) is 13.0. The van der Waals surface area contributed by atoms with Crippen molar-refractivity contribution in [1.29, 1.82) is 0 Å². The van der Waals surface area contributed by atoms with Crippen LogP contribution in [0, 0.1) is 13.8 Å². The van der Waals surface area contributed by atoms with E-state index >= 15 is 0 Å². The Morgan fingerprint density at radius 3 is 2.36 bits per heavy atom.